The number of rotatable bonds is 11. The molecule has 0 atom stereocenters. The number of piperazine rings is 1. The molecule has 0 bridgehead atoms. The molecule has 1 fully saturated rings. The maximum absolute atomic E-state index is 13.2. The lowest BCUT2D eigenvalue weighted by molar-refractivity contribution is 0.0630. The van der Waals surface area contributed by atoms with E-state index in [1.165, 1.54) is 13.3 Å². The van der Waals surface area contributed by atoms with E-state index in [2.05, 4.69) is 25.5 Å². The first kappa shape index (κ1) is 29.5. The molecule has 11 nitrogen and oxygen atoms in total. The molecule has 0 unspecified atom stereocenters. The molecule has 3 aromatic rings. The van der Waals surface area contributed by atoms with Crippen molar-refractivity contribution in [3.63, 3.8) is 0 Å². The molecular formula is C27H33ClN6O5S. The number of halogens is 1. The predicted molar refractivity (Wildman–Crippen MR) is 154 cm³/mol. The molecule has 13 heteroatoms. The lowest BCUT2D eigenvalue weighted by Gasteiger charge is -2.34. The van der Waals surface area contributed by atoms with Crippen molar-refractivity contribution in [2.75, 3.05) is 64.1 Å². The van der Waals surface area contributed by atoms with Crippen LogP contribution in [0.5, 0.6) is 5.75 Å². The summed E-state index contributed by atoms with van der Waals surface area (Å²) in [5.74, 6) is 1.22. The number of ether oxygens (including phenoxy) is 1. The van der Waals surface area contributed by atoms with Gasteiger partial charge in [-0.15, -0.1) is 0 Å². The molecule has 2 heterocycles. The quantitative estimate of drug-likeness (QED) is 0.252. The number of nitrogens with zero attached hydrogens (tertiary/aromatic N) is 4. The van der Waals surface area contributed by atoms with E-state index >= 15 is 0 Å². The molecule has 0 saturated carbocycles. The number of aryl methyl sites for hydroxylation is 1. The fourth-order valence-corrected chi connectivity index (χ4v) is 5.37. The highest BCUT2D eigenvalue weighted by molar-refractivity contribution is 7.86. The fourth-order valence-electron chi connectivity index (χ4n) is 4.24. The van der Waals surface area contributed by atoms with Crippen LogP contribution >= 0.6 is 11.6 Å². The number of aromatic nitrogens is 2. The van der Waals surface area contributed by atoms with Gasteiger partial charge in [-0.05, 0) is 43.7 Å². The Labute approximate surface area is 239 Å². The monoisotopic (exact) mass is 588 g/mol. The zero-order valence-corrected chi connectivity index (χ0v) is 24.3. The van der Waals surface area contributed by atoms with Gasteiger partial charge in [0.25, 0.3) is 16.0 Å². The molecule has 0 radical (unpaired) electrons. The van der Waals surface area contributed by atoms with E-state index in [9.17, 15) is 13.2 Å². The zero-order valence-electron chi connectivity index (χ0n) is 22.7. The number of hydrogen-bond donors (Lipinski definition) is 2. The first-order valence-corrected chi connectivity index (χ1v) is 14.6. The third-order valence-electron chi connectivity index (χ3n) is 6.50. The van der Waals surface area contributed by atoms with Crippen molar-refractivity contribution in [3.05, 3.63) is 64.8 Å². The summed E-state index contributed by atoms with van der Waals surface area (Å²) in [6, 6.07) is 11.8. The normalized spacial score (nSPS) is 14.2. The number of methoxy groups -OCH3 is 1. The van der Waals surface area contributed by atoms with Crippen molar-refractivity contribution in [2.24, 2.45) is 0 Å². The minimum absolute atomic E-state index is 0.0859. The number of carbonyl (C=O) groups excluding carboxylic acids is 1. The van der Waals surface area contributed by atoms with Gasteiger partial charge in [-0.1, -0.05) is 29.3 Å². The van der Waals surface area contributed by atoms with E-state index in [0.29, 0.717) is 72.9 Å². The average molecular weight is 589 g/mol. The van der Waals surface area contributed by atoms with Gasteiger partial charge < -0.3 is 20.3 Å². The number of nitrogens with one attached hydrogen (secondary N) is 2. The topological polar surface area (TPSA) is 126 Å². The van der Waals surface area contributed by atoms with Crippen LogP contribution in [0.15, 0.2) is 53.6 Å². The first-order chi connectivity index (χ1) is 19.2. The van der Waals surface area contributed by atoms with Gasteiger partial charge in [-0.25, -0.2) is 4.98 Å². The summed E-state index contributed by atoms with van der Waals surface area (Å²) in [4.78, 5) is 25.9. The highest BCUT2D eigenvalue weighted by atomic mass is 35.5. The summed E-state index contributed by atoms with van der Waals surface area (Å²) >= 11 is 6.06. The van der Waals surface area contributed by atoms with E-state index < -0.39 is 10.1 Å². The SMILES string of the molecule is CNc1nc(Nc2ccc(C(=O)N3CCN(CCCOS(=O)(=O)c4ccc(C)cc4)CC3)cc2OC)ncc1Cl. The van der Waals surface area contributed by atoms with E-state index in [0.717, 1.165) is 5.56 Å². The van der Waals surface area contributed by atoms with Crippen molar-refractivity contribution >= 4 is 45.1 Å². The van der Waals surface area contributed by atoms with Crippen LogP contribution in [0, 0.1) is 6.92 Å². The second-order valence-electron chi connectivity index (χ2n) is 9.26. The van der Waals surface area contributed by atoms with Gasteiger partial charge in [0, 0.05) is 45.3 Å². The van der Waals surface area contributed by atoms with E-state index in [1.807, 2.05) is 6.92 Å². The predicted octanol–water partition coefficient (Wildman–Crippen LogP) is 3.79. The summed E-state index contributed by atoms with van der Waals surface area (Å²) in [5, 5.41) is 6.40. The molecule has 1 amide bonds. The van der Waals surface area contributed by atoms with Crippen LogP contribution in [0.2, 0.25) is 5.02 Å². The van der Waals surface area contributed by atoms with E-state index in [-0.39, 0.29) is 17.4 Å². The molecule has 214 valence electrons. The minimum atomic E-state index is -3.76. The summed E-state index contributed by atoms with van der Waals surface area (Å²) in [6.07, 6.45) is 2.06. The Morgan fingerprint density at radius 3 is 2.50 bits per heavy atom. The van der Waals surface area contributed by atoms with Crippen molar-refractivity contribution in [1.82, 2.24) is 19.8 Å². The largest absolute Gasteiger partial charge is 0.495 e. The number of benzene rings is 2. The molecule has 2 aromatic carbocycles. The van der Waals surface area contributed by atoms with Crippen LogP contribution in [-0.2, 0) is 14.3 Å². The Kier molecular flexibility index (Phi) is 9.80. The molecule has 0 aliphatic carbocycles. The Hall–Kier alpha value is -3.45. The molecule has 1 aliphatic rings. The lowest BCUT2D eigenvalue weighted by Crippen LogP contribution is -2.49. The number of anilines is 3. The summed E-state index contributed by atoms with van der Waals surface area (Å²) in [6.45, 7) is 5.19. The van der Waals surface area contributed by atoms with Gasteiger partial charge >= 0.3 is 0 Å². The molecule has 0 spiro atoms. The van der Waals surface area contributed by atoms with Crippen molar-refractivity contribution in [1.29, 1.82) is 0 Å². The van der Waals surface area contributed by atoms with Crippen LogP contribution in [0.3, 0.4) is 0 Å². The maximum Gasteiger partial charge on any atom is 0.296 e. The summed E-state index contributed by atoms with van der Waals surface area (Å²) < 4.78 is 35.4. The minimum Gasteiger partial charge on any atom is -0.495 e. The molecule has 4 rings (SSSR count). The van der Waals surface area contributed by atoms with Gasteiger partial charge in [0.05, 0.1) is 30.5 Å². The number of hydrogen-bond acceptors (Lipinski definition) is 10. The van der Waals surface area contributed by atoms with Crippen LogP contribution < -0.4 is 15.4 Å². The second kappa shape index (κ2) is 13.3. The van der Waals surface area contributed by atoms with E-state index in [4.69, 9.17) is 20.5 Å². The van der Waals surface area contributed by atoms with Gasteiger partial charge in [0.15, 0.2) is 0 Å². The summed E-state index contributed by atoms with van der Waals surface area (Å²) in [5.41, 5.74) is 2.11. The summed E-state index contributed by atoms with van der Waals surface area (Å²) in [7, 11) is -0.515. The van der Waals surface area contributed by atoms with Crippen LogP contribution in [-0.4, -0.2) is 87.6 Å². The zero-order chi connectivity index (χ0) is 28.7. The van der Waals surface area contributed by atoms with Crippen molar-refractivity contribution < 1.29 is 22.1 Å². The van der Waals surface area contributed by atoms with Gasteiger partial charge in [0.2, 0.25) is 5.95 Å². The number of amides is 1. The van der Waals surface area contributed by atoms with Gasteiger partial charge in [-0.3, -0.25) is 13.9 Å². The van der Waals surface area contributed by atoms with Crippen molar-refractivity contribution in [2.45, 2.75) is 18.2 Å². The van der Waals surface area contributed by atoms with Crippen LogP contribution in [0.1, 0.15) is 22.3 Å². The molecule has 1 aliphatic heterocycles. The molecule has 2 N–H and O–H groups in total. The first-order valence-electron chi connectivity index (χ1n) is 12.8. The van der Waals surface area contributed by atoms with Crippen LogP contribution in [0.4, 0.5) is 17.5 Å². The van der Waals surface area contributed by atoms with Crippen LogP contribution in [0.25, 0.3) is 0 Å². The highest BCUT2D eigenvalue weighted by Gasteiger charge is 2.23. The fraction of sp³-hybridized carbons (Fsp3) is 0.370. The van der Waals surface area contributed by atoms with E-state index in [1.54, 1.807) is 54.4 Å². The Bertz CT molecular complexity index is 1430. The Morgan fingerprint density at radius 2 is 1.82 bits per heavy atom. The standard InChI is InChI=1S/C27H33ClN6O5S/c1-19-5-8-21(9-6-19)40(36,37)39-16-4-11-33-12-14-34(15-13-33)26(35)20-7-10-23(24(17-20)38-3)31-27-30-18-22(28)25(29-2)32-27/h5-10,17-18H,4,11-16H2,1-3H3,(H2,29,30,31,32). The molecule has 40 heavy (non-hydrogen) atoms. The Balaban J connectivity index is 1.26. The highest BCUT2D eigenvalue weighted by Crippen LogP contribution is 2.29. The molecular weight excluding hydrogens is 556 g/mol. The number of carbonyl (C=O) groups is 1. The van der Waals surface area contributed by atoms with Gasteiger partial charge in [0.1, 0.15) is 16.6 Å². The smallest absolute Gasteiger partial charge is 0.296 e. The Morgan fingerprint density at radius 1 is 1.10 bits per heavy atom. The molecule has 1 saturated heterocycles. The molecule has 1 aromatic heterocycles. The van der Waals surface area contributed by atoms with Gasteiger partial charge in [-0.2, -0.15) is 13.4 Å². The third-order valence-corrected chi connectivity index (χ3v) is 8.11. The third kappa shape index (κ3) is 7.39. The second-order valence-corrected chi connectivity index (χ2v) is 11.3. The average Bonchev–Trinajstić information content (AvgIpc) is 2.96. The lowest BCUT2D eigenvalue weighted by atomic mass is 10.1. The van der Waals surface area contributed by atoms with Crippen molar-refractivity contribution in [3.8, 4) is 5.75 Å². The maximum atomic E-state index is 13.2.